The van der Waals surface area contributed by atoms with Crippen molar-refractivity contribution in [1.82, 2.24) is 5.32 Å². The molecule has 2 fully saturated rings. The summed E-state index contributed by atoms with van der Waals surface area (Å²) in [4.78, 5) is 20.5. The van der Waals surface area contributed by atoms with Crippen molar-refractivity contribution in [3.05, 3.63) is 0 Å². The summed E-state index contributed by atoms with van der Waals surface area (Å²) in [6, 6.07) is 0. The van der Waals surface area contributed by atoms with Crippen LogP contribution in [0.5, 0.6) is 0 Å². The molecule has 0 atom stereocenters. The summed E-state index contributed by atoms with van der Waals surface area (Å²) in [6.45, 7) is 0.888. The Morgan fingerprint density at radius 2 is 1.31 bits per heavy atom. The fourth-order valence-corrected chi connectivity index (χ4v) is 1.35. The molecule has 0 unspecified atom stereocenters. The maximum Gasteiger partial charge on any atom is 0.221 e. The van der Waals surface area contributed by atoms with E-state index in [0.29, 0.717) is 5.78 Å². The second-order valence-electron chi connectivity index (χ2n) is 3.55. The number of amides is 1. The molecule has 1 heterocycles. The van der Waals surface area contributed by atoms with Crippen LogP contribution in [0.2, 0.25) is 0 Å². The molecule has 1 aliphatic carbocycles. The van der Waals surface area contributed by atoms with Gasteiger partial charge in [0.25, 0.3) is 0 Å². The van der Waals surface area contributed by atoms with Crippen molar-refractivity contribution < 1.29 is 9.59 Å². The van der Waals surface area contributed by atoms with Crippen molar-refractivity contribution in [3.63, 3.8) is 0 Å². The van der Waals surface area contributed by atoms with Crippen LogP contribution >= 0.6 is 0 Å². The van der Waals surface area contributed by atoms with Gasteiger partial charge in [0.2, 0.25) is 5.91 Å². The molecule has 1 amide bonds. The van der Waals surface area contributed by atoms with Crippen molar-refractivity contribution in [1.29, 1.82) is 0 Å². The van der Waals surface area contributed by atoms with Crippen molar-refractivity contribution in [2.24, 2.45) is 0 Å². The molecular weight excluding hydrogens is 166 g/mol. The van der Waals surface area contributed by atoms with Crippen LogP contribution in [0.25, 0.3) is 0 Å². The zero-order valence-electron chi connectivity index (χ0n) is 7.97. The Morgan fingerprint density at radius 1 is 0.846 bits per heavy atom. The van der Waals surface area contributed by atoms with Gasteiger partial charge in [0, 0.05) is 25.8 Å². The minimum Gasteiger partial charge on any atom is -0.356 e. The monoisotopic (exact) mass is 183 g/mol. The van der Waals surface area contributed by atoms with Crippen LogP contribution < -0.4 is 5.32 Å². The first-order chi connectivity index (χ1) is 6.29. The molecule has 74 valence electrons. The fraction of sp³-hybridized carbons (Fsp3) is 0.800. The SMILES string of the molecule is O=C1CCCCCC1.O=C1CCN1. The molecular formula is C10H17NO2. The van der Waals surface area contributed by atoms with Crippen molar-refractivity contribution >= 4 is 11.7 Å². The minimum absolute atomic E-state index is 0.185. The molecule has 0 aromatic carbocycles. The molecule has 3 heteroatoms. The molecule has 1 N–H and O–H groups in total. The zero-order valence-corrected chi connectivity index (χ0v) is 7.97. The van der Waals surface area contributed by atoms with E-state index >= 15 is 0 Å². The highest BCUT2D eigenvalue weighted by Crippen LogP contribution is 2.12. The summed E-state index contributed by atoms with van der Waals surface area (Å²) >= 11 is 0. The van der Waals surface area contributed by atoms with Crippen LogP contribution in [0.3, 0.4) is 0 Å². The van der Waals surface area contributed by atoms with Crippen LogP contribution in [-0.4, -0.2) is 18.2 Å². The van der Waals surface area contributed by atoms with Gasteiger partial charge < -0.3 is 5.32 Å². The van der Waals surface area contributed by atoms with E-state index in [0.717, 1.165) is 38.6 Å². The van der Waals surface area contributed by atoms with Gasteiger partial charge in [-0.25, -0.2) is 0 Å². The highest BCUT2D eigenvalue weighted by Gasteiger charge is 2.07. The molecule has 2 rings (SSSR count). The number of hydrogen-bond acceptors (Lipinski definition) is 2. The number of ketones is 1. The Balaban J connectivity index is 0.000000145. The lowest BCUT2D eigenvalue weighted by molar-refractivity contribution is -0.125. The first kappa shape index (κ1) is 10.2. The quantitative estimate of drug-likeness (QED) is 0.456. The number of carbonyl (C=O) groups is 2. The maximum atomic E-state index is 10.7. The lowest BCUT2D eigenvalue weighted by Gasteiger charge is -2.10. The fourth-order valence-electron chi connectivity index (χ4n) is 1.35. The van der Waals surface area contributed by atoms with Crippen LogP contribution in [0.1, 0.15) is 44.9 Å². The van der Waals surface area contributed by atoms with Crippen LogP contribution in [0.15, 0.2) is 0 Å². The van der Waals surface area contributed by atoms with Gasteiger partial charge >= 0.3 is 0 Å². The molecule has 1 aliphatic heterocycles. The van der Waals surface area contributed by atoms with Crippen molar-refractivity contribution in [2.45, 2.75) is 44.9 Å². The van der Waals surface area contributed by atoms with Crippen molar-refractivity contribution in [3.8, 4) is 0 Å². The average Bonchev–Trinajstić information content (AvgIpc) is 2.30. The summed E-state index contributed by atoms with van der Waals surface area (Å²) in [6.07, 6.45) is 7.25. The van der Waals surface area contributed by atoms with Gasteiger partial charge in [-0.15, -0.1) is 0 Å². The third-order valence-corrected chi connectivity index (χ3v) is 2.34. The topological polar surface area (TPSA) is 46.2 Å². The van der Waals surface area contributed by atoms with Gasteiger partial charge in [0.1, 0.15) is 5.78 Å². The van der Waals surface area contributed by atoms with E-state index < -0.39 is 0 Å². The molecule has 13 heavy (non-hydrogen) atoms. The Bertz CT molecular complexity index is 173. The summed E-state index contributed by atoms with van der Waals surface area (Å²) in [5, 5.41) is 2.57. The third kappa shape index (κ3) is 4.65. The van der Waals surface area contributed by atoms with Crippen molar-refractivity contribution in [2.75, 3.05) is 6.54 Å². The predicted octanol–water partition coefficient (Wildman–Crippen LogP) is 1.42. The highest BCUT2D eigenvalue weighted by atomic mass is 16.2. The average molecular weight is 183 g/mol. The normalized spacial score (nSPS) is 21.8. The summed E-state index contributed by atoms with van der Waals surface area (Å²) < 4.78 is 0. The Hall–Kier alpha value is -0.860. The number of nitrogens with one attached hydrogen (secondary N) is 1. The molecule has 0 aromatic heterocycles. The summed E-state index contributed by atoms with van der Waals surface area (Å²) in [7, 11) is 0. The van der Waals surface area contributed by atoms with E-state index in [9.17, 15) is 9.59 Å². The van der Waals surface area contributed by atoms with Crippen LogP contribution in [0, 0.1) is 0 Å². The summed E-state index contributed by atoms with van der Waals surface area (Å²) in [5.41, 5.74) is 0. The van der Waals surface area contributed by atoms with Gasteiger partial charge in [-0.1, -0.05) is 12.8 Å². The lowest BCUT2D eigenvalue weighted by Crippen LogP contribution is -2.37. The molecule has 1 saturated carbocycles. The van der Waals surface area contributed by atoms with Gasteiger partial charge in [-0.2, -0.15) is 0 Å². The molecule has 0 bridgehead atoms. The van der Waals surface area contributed by atoms with E-state index in [1.54, 1.807) is 0 Å². The van der Waals surface area contributed by atoms with E-state index in [1.165, 1.54) is 12.8 Å². The second kappa shape index (κ2) is 5.73. The second-order valence-corrected chi connectivity index (χ2v) is 3.55. The number of Topliss-reactive ketones (excluding diaryl/α,β-unsaturated/α-hetero) is 1. The van der Waals surface area contributed by atoms with Gasteiger partial charge in [0.15, 0.2) is 0 Å². The van der Waals surface area contributed by atoms with Gasteiger partial charge in [-0.05, 0) is 12.8 Å². The van der Waals surface area contributed by atoms with Gasteiger partial charge in [-0.3, -0.25) is 9.59 Å². The maximum absolute atomic E-state index is 10.7. The number of carbonyl (C=O) groups excluding carboxylic acids is 2. The van der Waals surface area contributed by atoms with Crippen LogP contribution in [0.4, 0.5) is 0 Å². The molecule has 0 spiro atoms. The number of rotatable bonds is 0. The van der Waals surface area contributed by atoms with E-state index in [2.05, 4.69) is 5.32 Å². The Labute approximate surface area is 78.9 Å². The molecule has 0 radical (unpaired) electrons. The first-order valence-corrected chi connectivity index (χ1v) is 5.07. The van der Waals surface area contributed by atoms with E-state index in [-0.39, 0.29) is 5.91 Å². The minimum atomic E-state index is 0.185. The predicted molar refractivity (Wildman–Crippen MR) is 50.3 cm³/mol. The number of β-lactam (4-membered cyclic amide) rings is 1. The highest BCUT2D eigenvalue weighted by molar-refractivity contribution is 5.81. The van der Waals surface area contributed by atoms with Gasteiger partial charge in [0.05, 0.1) is 0 Å². The Kier molecular flexibility index (Phi) is 4.50. The summed E-state index contributed by atoms with van der Waals surface area (Å²) in [5.74, 6) is 0.660. The van der Waals surface area contributed by atoms with E-state index in [1.807, 2.05) is 0 Å². The third-order valence-electron chi connectivity index (χ3n) is 2.34. The standard InChI is InChI=1S/C7H12O.C3H5NO/c8-7-5-3-1-2-4-6-7;5-3-1-2-4-3/h1-6H2;1-2H2,(H,4,5). The molecule has 0 aromatic rings. The smallest absolute Gasteiger partial charge is 0.221 e. The molecule has 1 saturated heterocycles. The molecule has 3 nitrogen and oxygen atoms in total. The largest absolute Gasteiger partial charge is 0.356 e. The first-order valence-electron chi connectivity index (χ1n) is 5.07. The molecule has 2 aliphatic rings. The Morgan fingerprint density at radius 3 is 1.62 bits per heavy atom. The lowest BCUT2D eigenvalue weighted by atomic mass is 10.2. The van der Waals surface area contributed by atoms with E-state index in [4.69, 9.17) is 0 Å². The zero-order chi connectivity index (χ0) is 9.52. The van der Waals surface area contributed by atoms with Crippen LogP contribution in [-0.2, 0) is 9.59 Å². The number of hydrogen-bond donors (Lipinski definition) is 1.